The molecule has 0 aliphatic heterocycles. The molecule has 1 aliphatic carbocycles. The molecule has 0 bridgehead atoms. The number of aromatic nitrogens is 1. The highest BCUT2D eigenvalue weighted by molar-refractivity contribution is 5.88. The first-order valence-corrected chi connectivity index (χ1v) is 7.09. The molecule has 0 spiro atoms. The average molecular weight is 278 g/mol. The Morgan fingerprint density at radius 3 is 2.75 bits per heavy atom. The number of ether oxygens (including phenoxy) is 1. The predicted octanol–water partition coefficient (Wildman–Crippen LogP) is 1.65. The summed E-state index contributed by atoms with van der Waals surface area (Å²) in [5, 5.41) is 13.6. The van der Waals surface area contributed by atoms with Gasteiger partial charge in [0.2, 0.25) is 0 Å². The standard InChI is InChI=1S/C15H22N2O3/c1-20-14(18)12-5-6-13(17-9-12)10-16-11-15(19)7-3-2-4-8-15/h5-6,9,16,19H,2-4,7-8,10-11H2,1H3. The van der Waals surface area contributed by atoms with Crippen LogP contribution in [0.25, 0.3) is 0 Å². The van der Waals surface area contributed by atoms with Crippen LogP contribution in [-0.4, -0.2) is 35.3 Å². The predicted molar refractivity (Wildman–Crippen MR) is 75.3 cm³/mol. The van der Waals surface area contributed by atoms with Gasteiger partial charge in [-0.05, 0) is 25.0 Å². The Bertz CT molecular complexity index is 439. The number of esters is 1. The number of pyridine rings is 1. The van der Waals surface area contributed by atoms with Crippen molar-refractivity contribution in [2.75, 3.05) is 13.7 Å². The lowest BCUT2D eigenvalue weighted by atomic mass is 9.85. The van der Waals surface area contributed by atoms with Crippen LogP contribution in [0.5, 0.6) is 0 Å². The Labute approximate surface area is 119 Å². The van der Waals surface area contributed by atoms with Crippen molar-refractivity contribution in [1.82, 2.24) is 10.3 Å². The van der Waals surface area contributed by atoms with Crippen molar-refractivity contribution >= 4 is 5.97 Å². The van der Waals surface area contributed by atoms with E-state index in [1.54, 1.807) is 12.1 Å². The van der Waals surface area contributed by atoms with Gasteiger partial charge in [-0.2, -0.15) is 0 Å². The zero-order valence-electron chi connectivity index (χ0n) is 11.9. The molecule has 1 heterocycles. The van der Waals surface area contributed by atoms with Crippen molar-refractivity contribution in [1.29, 1.82) is 0 Å². The van der Waals surface area contributed by atoms with Crippen molar-refractivity contribution in [3.63, 3.8) is 0 Å². The molecule has 0 saturated heterocycles. The summed E-state index contributed by atoms with van der Waals surface area (Å²) in [6.45, 7) is 1.18. The third-order valence-electron chi connectivity index (χ3n) is 3.79. The lowest BCUT2D eigenvalue weighted by molar-refractivity contribution is 0.00462. The van der Waals surface area contributed by atoms with Gasteiger partial charge in [-0.25, -0.2) is 4.79 Å². The number of aliphatic hydroxyl groups is 1. The smallest absolute Gasteiger partial charge is 0.339 e. The van der Waals surface area contributed by atoms with E-state index in [4.69, 9.17) is 0 Å². The van der Waals surface area contributed by atoms with Gasteiger partial charge in [-0.3, -0.25) is 4.98 Å². The fourth-order valence-electron chi connectivity index (χ4n) is 2.58. The topological polar surface area (TPSA) is 71.5 Å². The van der Waals surface area contributed by atoms with Gasteiger partial charge in [-0.1, -0.05) is 19.3 Å². The van der Waals surface area contributed by atoms with E-state index >= 15 is 0 Å². The first-order valence-electron chi connectivity index (χ1n) is 7.09. The van der Waals surface area contributed by atoms with Gasteiger partial charge in [0.15, 0.2) is 0 Å². The number of carbonyl (C=O) groups excluding carboxylic acids is 1. The summed E-state index contributed by atoms with van der Waals surface area (Å²) in [7, 11) is 1.35. The van der Waals surface area contributed by atoms with E-state index in [0.29, 0.717) is 18.7 Å². The molecule has 2 N–H and O–H groups in total. The second-order valence-corrected chi connectivity index (χ2v) is 5.42. The number of nitrogens with zero attached hydrogens (tertiary/aromatic N) is 1. The van der Waals surface area contributed by atoms with E-state index in [9.17, 15) is 9.90 Å². The van der Waals surface area contributed by atoms with E-state index in [0.717, 1.165) is 31.4 Å². The van der Waals surface area contributed by atoms with Gasteiger partial charge in [-0.15, -0.1) is 0 Å². The Hall–Kier alpha value is -1.46. The molecule has 0 radical (unpaired) electrons. The maximum Gasteiger partial charge on any atom is 0.339 e. The fraction of sp³-hybridized carbons (Fsp3) is 0.600. The van der Waals surface area contributed by atoms with Gasteiger partial charge < -0.3 is 15.2 Å². The van der Waals surface area contributed by atoms with E-state index in [1.807, 2.05) is 0 Å². The van der Waals surface area contributed by atoms with Crippen LogP contribution in [0.2, 0.25) is 0 Å². The lowest BCUT2D eigenvalue weighted by Gasteiger charge is -2.32. The zero-order valence-corrected chi connectivity index (χ0v) is 11.9. The van der Waals surface area contributed by atoms with Gasteiger partial charge in [0.25, 0.3) is 0 Å². The van der Waals surface area contributed by atoms with Crippen molar-refractivity contribution in [2.24, 2.45) is 0 Å². The molecule has 0 aromatic carbocycles. The summed E-state index contributed by atoms with van der Waals surface area (Å²) in [5.41, 5.74) is 0.726. The highest BCUT2D eigenvalue weighted by Crippen LogP contribution is 2.27. The van der Waals surface area contributed by atoms with Crippen molar-refractivity contribution in [2.45, 2.75) is 44.2 Å². The van der Waals surface area contributed by atoms with Gasteiger partial charge in [0.1, 0.15) is 0 Å². The molecule has 1 aromatic rings. The van der Waals surface area contributed by atoms with Gasteiger partial charge in [0, 0.05) is 19.3 Å². The number of methoxy groups -OCH3 is 1. The van der Waals surface area contributed by atoms with Crippen LogP contribution in [0.3, 0.4) is 0 Å². The molecule has 110 valence electrons. The maximum atomic E-state index is 11.3. The highest BCUT2D eigenvalue weighted by Gasteiger charge is 2.28. The molecule has 20 heavy (non-hydrogen) atoms. The molecule has 1 fully saturated rings. The monoisotopic (exact) mass is 278 g/mol. The molecule has 1 saturated carbocycles. The summed E-state index contributed by atoms with van der Waals surface area (Å²) in [6.07, 6.45) is 6.68. The molecular weight excluding hydrogens is 256 g/mol. The van der Waals surface area contributed by atoms with E-state index in [-0.39, 0.29) is 5.97 Å². The Kier molecular flexibility index (Phi) is 5.09. The Morgan fingerprint density at radius 1 is 1.40 bits per heavy atom. The van der Waals surface area contributed by atoms with Crippen LogP contribution in [0.4, 0.5) is 0 Å². The van der Waals surface area contributed by atoms with E-state index in [1.165, 1.54) is 19.7 Å². The summed E-state index contributed by atoms with van der Waals surface area (Å²) < 4.78 is 4.62. The minimum Gasteiger partial charge on any atom is -0.465 e. The molecule has 0 amide bonds. The summed E-state index contributed by atoms with van der Waals surface area (Å²) >= 11 is 0. The third kappa shape index (κ3) is 4.02. The SMILES string of the molecule is COC(=O)c1ccc(CNCC2(O)CCCCC2)nc1. The molecule has 5 nitrogen and oxygen atoms in total. The maximum absolute atomic E-state index is 11.3. The van der Waals surface area contributed by atoms with E-state index < -0.39 is 5.60 Å². The first-order chi connectivity index (χ1) is 9.63. The number of hydrogen-bond acceptors (Lipinski definition) is 5. The van der Waals surface area contributed by atoms with Crippen LogP contribution in [0.1, 0.15) is 48.2 Å². The van der Waals surface area contributed by atoms with Crippen LogP contribution >= 0.6 is 0 Å². The second kappa shape index (κ2) is 6.81. The number of hydrogen-bond donors (Lipinski definition) is 2. The van der Waals surface area contributed by atoms with Crippen LogP contribution in [0.15, 0.2) is 18.3 Å². The summed E-state index contributed by atoms with van der Waals surface area (Å²) in [4.78, 5) is 15.5. The average Bonchev–Trinajstić information content (AvgIpc) is 2.48. The minimum absolute atomic E-state index is 0.381. The number of rotatable bonds is 5. The molecule has 5 heteroatoms. The lowest BCUT2D eigenvalue weighted by Crippen LogP contribution is -2.42. The molecule has 0 unspecified atom stereocenters. The quantitative estimate of drug-likeness (QED) is 0.801. The van der Waals surface area contributed by atoms with Crippen molar-refractivity contribution < 1.29 is 14.6 Å². The Balaban J connectivity index is 1.80. The zero-order chi connectivity index (χ0) is 14.4. The largest absolute Gasteiger partial charge is 0.465 e. The van der Waals surface area contributed by atoms with Crippen molar-refractivity contribution in [3.05, 3.63) is 29.6 Å². The molecule has 2 rings (SSSR count). The van der Waals surface area contributed by atoms with Crippen LogP contribution in [-0.2, 0) is 11.3 Å². The van der Waals surface area contributed by atoms with Gasteiger partial charge >= 0.3 is 5.97 Å². The minimum atomic E-state index is -0.565. The number of carbonyl (C=O) groups is 1. The molecular formula is C15H22N2O3. The second-order valence-electron chi connectivity index (χ2n) is 5.42. The van der Waals surface area contributed by atoms with Crippen molar-refractivity contribution in [3.8, 4) is 0 Å². The molecule has 0 atom stereocenters. The fourth-order valence-corrected chi connectivity index (χ4v) is 2.58. The highest BCUT2D eigenvalue weighted by atomic mass is 16.5. The normalized spacial score (nSPS) is 17.7. The summed E-state index contributed by atoms with van der Waals surface area (Å²) in [6, 6.07) is 3.50. The molecule has 1 aromatic heterocycles. The Morgan fingerprint density at radius 2 is 2.15 bits per heavy atom. The summed E-state index contributed by atoms with van der Waals surface area (Å²) in [5.74, 6) is -0.381. The van der Waals surface area contributed by atoms with Gasteiger partial charge in [0.05, 0.1) is 24.0 Å². The third-order valence-corrected chi connectivity index (χ3v) is 3.79. The van der Waals surface area contributed by atoms with Crippen LogP contribution in [0, 0.1) is 0 Å². The molecule has 1 aliphatic rings. The van der Waals surface area contributed by atoms with E-state index in [2.05, 4.69) is 15.0 Å². The number of nitrogens with one attached hydrogen (secondary N) is 1. The first kappa shape index (κ1) is 14.9. The van der Waals surface area contributed by atoms with Crippen LogP contribution < -0.4 is 5.32 Å².